The predicted molar refractivity (Wildman–Crippen MR) is 102 cm³/mol. The standard InChI is InChI=1S/C23H24O/c1-15-12-13-21(24-23-18(4)10-7-11-19(23)5)20(14-15)22-16(2)8-6-9-17(22)3/h6-14H,1-5H3. The largest absolute Gasteiger partial charge is 0.456 e. The minimum absolute atomic E-state index is 0.912. The zero-order valence-corrected chi connectivity index (χ0v) is 15.1. The van der Waals surface area contributed by atoms with E-state index in [2.05, 4.69) is 89.2 Å². The van der Waals surface area contributed by atoms with Crippen molar-refractivity contribution in [3.8, 4) is 22.6 Å². The van der Waals surface area contributed by atoms with Crippen LogP contribution in [0.5, 0.6) is 11.5 Å². The SMILES string of the molecule is Cc1ccc(Oc2c(C)cccc2C)c(-c2c(C)cccc2C)c1. The molecule has 0 saturated carbocycles. The zero-order chi connectivity index (χ0) is 17.3. The monoisotopic (exact) mass is 316 g/mol. The van der Waals surface area contributed by atoms with Crippen molar-refractivity contribution in [2.45, 2.75) is 34.6 Å². The molecule has 0 fully saturated rings. The average Bonchev–Trinajstić information content (AvgIpc) is 2.52. The third-order valence-electron chi connectivity index (χ3n) is 4.51. The van der Waals surface area contributed by atoms with E-state index in [1.165, 1.54) is 22.3 Å². The second kappa shape index (κ2) is 6.52. The lowest BCUT2D eigenvalue weighted by atomic mass is 9.94. The topological polar surface area (TPSA) is 9.23 Å². The summed E-state index contributed by atoms with van der Waals surface area (Å²) >= 11 is 0. The number of ether oxygens (including phenoxy) is 1. The maximum Gasteiger partial charge on any atom is 0.135 e. The van der Waals surface area contributed by atoms with Gasteiger partial charge in [-0.3, -0.25) is 0 Å². The Morgan fingerprint density at radius 2 is 1.17 bits per heavy atom. The summed E-state index contributed by atoms with van der Waals surface area (Å²) in [5, 5.41) is 0. The molecule has 3 aromatic carbocycles. The number of aryl methyl sites for hydroxylation is 5. The first-order valence-electron chi connectivity index (χ1n) is 8.38. The van der Waals surface area contributed by atoms with Crippen LogP contribution in [0.25, 0.3) is 11.1 Å². The van der Waals surface area contributed by atoms with Crippen LogP contribution in [0.4, 0.5) is 0 Å². The molecule has 122 valence electrons. The van der Waals surface area contributed by atoms with Crippen LogP contribution in [0.3, 0.4) is 0 Å². The van der Waals surface area contributed by atoms with Gasteiger partial charge >= 0.3 is 0 Å². The summed E-state index contributed by atoms with van der Waals surface area (Å²) in [4.78, 5) is 0. The Hall–Kier alpha value is -2.54. The van der Waals surface area contributed by atoms with Crippen LogP contribution in [-0.2, 0) is 0 Å². The zero-order valence-electron chi connectivity index (χ0n) is 15.1. The molecule has 0 aliphatic rings. The van der Waals surface area contributed by atoms with Crippen LogP contribution < -0.4 is 4.74 Å². The lowest BCUT2D eigenvalue weighted by molar-refractivity contribution is 0.476. The van der Waals surface area contributed by atoms with Gasteiger partial charge in [0.25, 0.3) is 0 Å². The van der Waals surface area contributed by atoms with E-state index in [1.54, 1.807) is 0 Å². The highest BCUT2D eigenvalue weighted by atomic mass is 16.5. The molecule has 3 aromatic rings. The van der Waals surface area contributed by atoms with Gasteiger partial charge in [0.05, 0.1) is 0 Å². The molecular weight excluding hydrogens is 292 g/mol. The van der Waals surface area contributed by atoms with Crippen LogP contribution in [0, 0.1) is 34.6 Å². The molecule has 0 atom stereocenters. The minimum Gasteiger partial charge on any atom is -0.456 e. The Morgan fingerprint density at radius 1 is 0.625 bits per heavy atom. The molecule has 0 aliphatic carbocycles. The second-order valence-corrected chi connectivity index (χ2v) is 6.59. The Balaban J connectivity index is 2.17. The first-order chi connectivity index (χ1) is 11.5. The van der Waals surface area contributed by atoms with Gasteiger partial charge in [-0.2, -0.15) is 0 Å². The summed E-state index contributed by atoms with van der Waals surface area (Å²) in [6.07, 6.45) is 0. The molecule has 1 nitrogen and oxygen atoms in total. The van der Waals surface area contributed by atoms with E-state index in [0.717, 1.165) is 28.2 Å². The molecule has 0 radical (unpaired) electrons. The van der Waals surface area contributed by atoms with Gasteiger partial charge in [-0.05, 0) is 74.6 Å². The normalized spacial score (nSPS) is 10.7. The van der Waals surface area contributed by atoms with Gasteiger partial charge < -0.3 is 4.74 Å². The summed E-state index contributed by atoms with van der Waals surface area (Å²) in [5.41, 5.74) is 8.52. The summed E-state index contributed by atoms with van der Waals surface area (Å²) in [5.74, 6) is 1.87. The molecule has 0 amide bonds. The van der Waals surface area contributed by atoms with Gasteiger partial charge in [0.2, 0.25) is 0 Å². The molecule has 0 unspecified atom stereocenters. The second-order valence-electron chi connectivity index (χ2n) is 6.59. The van der Waals surface area contributed by atoms with E-state index in [-0.39, 0.29) is 0 Å². The highest BCUT2D eigenvalue weighted by molar-refractivity contribution is 5.77. The van der Waals surface area contributed by atoms with Crippen LogP contribution >= 0.6 is 0 Å². The number of rotatable bonds is 3. The van der Waals surface area contributed by atoms with Gasteiger partial charge in [-0.25, -0.2) is 0 Å². The molecule has 0 spiro atoms. The van der Waals surface area contributed by atoms with Crippen LogP contribution in [0.15, 0.2) is 54.6 Å². The number of hydrogen-bond donors (Lipinski definition) is 0. The van der Waals surface area contributed by atoms with Crippen molar-refractivity contribution in [2.75, 3.05) is 0 Å². The maximum absolute atomic E-state index is 6.39. The fraction of sp³-hybridized carbons (Fsp3) is 0.217. The molecule has 0 aromatic heterocycles. The first kappa shape index (κ1) is 16.3. The van der Waals surface area contributed by atoms with Crippen molar-refractivity contribution in [3.63, 3.8) is 0 Å². The summed E-state index contributed by atoms with van der Waals surface area (Å²) in [6.45, 7) is 10.6. The number of hydrogen-bond acceptors (Lipinski definition) is 1. The quantitative estimate of drug-likeness (QED) is 0.523. The molecule has 3 rings (SSSR count). The molecular formula is C23H24O. The van der Waals surface area contributed by atoms with E-state index in [9.17, 15) is 0 Å². The number of benzene rings is 3. The van der Waals surface area contributed by atoms with Gasteiger partial charge in [0, 0.05) is 5.56 Å². The van der Waals surface area contributed by atoms with Gasteiger partial charge in [-0.1, -0.05) is 48.0 Å². The summed E-state index contributed by atoms with van der Waals surface area (Å²) in [7, 11) is 0. The Morgan fingerprint density at radius 3 is 1.75 bits per heavy atom. The lowest BCUT2D eigenvalue weighted by Gasteiger charge is -2.18. The Bertz CT molecular complexity index is 850. The highest BCUT2D eigenvalue weighted by Gasteiger charge is 2.14. The van der Waals surface area contributed by atoms with E-state index in [4.69, 9.17) is 4.74 Å². The van der Waals surface area contributed by atoms with Crippen LogP contribution in [-0.4, -0.2) is 0 Å². The van der Waals surface area contributed by atoms with Gasteiger partial charge in [0.15, 0.2) is 0 Å². The Kier molecular flexibility index (Phi) is 4.44. The third-order valence-corrected chi connectivity index (χ3v) is 4.51. The van der Waals surface area contributed by atoms with E-state index in [1.807, 2.05) is 0 Å². The van der Waals surface area contributed by atoms with Crippen molar-refractivity contribution < 1.29 is 4.74 Å². The van der Waals surface area contributed by atoms with Gasteiger partial charge in [0.1, 0.15) is 11.5 Å². The predicted octanol–water partition coefficient (Wildman–Crippen LogP) is 6.69. The molecule has 0 bridgehead atoms. The number of para-hydroxylation sites is 1. The third kappa shape index (κ3) is 3.07. The molecule has 1 heteroatoms. The highest BCUT2D eigenvalue weighted by Crippen LogP contribution is 2.39. The molecule has 0 saturated heterocycles. The fourth-order valence-electron chi connectivity index (χ4n) is 3.24. The van der Waals surface area contributed by atoms with E-state index in [0.29, 0.717) is 0 Å². The van der Waals surface area contributed by atoms with Crippen molar-refractivity contribution in [1.82, 2.24) is 0 Å². The molecule has 0 aliphatic heterocycles. The lowest BCUT2D eigenvalue weighted by Crippen LogP contribution is -1.96. The fourth-order valence-corrected chi connectivity index (χ4v) is 3.24. The molecule has 0 heterocycles. The van der Waals surface area contributed by atoms with E-state index < -0.39 is 0 Å². The molecule has 0 N–H and O–H groups in total. The van der Waals surface area contributed by atoms with Gasteiger partial charge in [-0.15, -0.1) is 0 Å². The van der Waals surface area contributed by atoms with Crippen molar-refractivity contribution in [2.24, 2.45) is 0 Å². The average molecular weight is 316 g/mol. The minimum atomic E-state index is 0.912. The van der Waals surface area contributed by atoms with Crippen molar-refractivity contribution in [1.29, 1.82) is 0 Å². The molecule has 24 heavy (non-hydrogen) atoms. The van der Waals surface area contributed by atoms with Crippen molar-refractivity contribution >= 4 is 0 Å². The maximum atomic E-state index is 6.39. The summed E-state index contributed by atoms with van der Waals surface area (Å²) < 4.78 is 6.39. The van der Waals surface area contributed by atoms with E-state index >= 15 is 0 Å². The first-order valence-corrected chi connectivity index (χ1v) is 8.38. The van der Waals surface area contributed by atoms with Crippen molar-refractivity contribution in [3.05, 3.63) is 82.4 Å². The Labute approximate surface area is 144 Å². The summed E-state index contributed by atoms with van der Waals surface area (Å²) in [6, 6.07) is 19.1. The smallest absolute Gasteiger partial charge is 0.135 e. The van der Waals surface area contributed by atoms with Crippen LogP contribution in [0.1, 0.15) is 27.8 Å². The van der Waals surface area contributed by atoms with Crippen LogP contribution in [0.2, 0.25) is 0 Å².